The first-order valence-electron chi connectivity index (χ1n) is 7.39. The van der Waals surface area contributed by atoms with Gasteiger partial charge in [-0.2, -0.15) is 0 Å². The van der Waals surface area contributed by atoms with E-state index in [0.29, 0.717) is 13.0 Å². The van der Waals surface area contributed by atoms with Gasteiger partial charge in [0.2, 0.25) is 5.91 Å². The van der Waals surface area contributed by atoms with E-state index in [1.807, 2.05) is 35.7 Å². The SMILES string of the molecule is Cc1cnc(CN2C(=O)CCSC2c2ccccc2C)cn1. The summed E-state index contributed by atoms with van der Waals surface area (Å²) in [6.45, 7) is 4.52. The van der Waals surface area contributed by atoms with Gasteiger partial charge >= 0.3 is 0 Å². The molecule has 0 saturated carbocycles. The molecule has 1 amide bonds. The highest BCUT2D eigenvalue weighted by Gasteiger charge is 2.30. The standard InChI is InChI=1S/C17H19N3OS/c1-12-5-3-4-6-15(12)17-20(16(21)7-8-22-17)11-14-10-18-13(2)9-19-14/h3-6,9-10,17H,7-8,11H2,1-2H3. The van der Waals surface area contributed by atoms with E-state index in [1.165, 1.54) is 11.1 Å². The molecule has 3 rings (SSSR count). The van der Waals surface area contributed by atoms with Crippen LogP contribution in [0.25, 0.3) is 0 Å². The van der Waals surface area contributed by atoms with E-state index in [2.05, 4.69) is 29.0 Å². The number of nitrogens with zero attached hydrogens (tertiary/aromatic N) is 3. The van der Waals surface area contributed by atoms with Crippen LogP contribution in [-0.4, -0.2) is 26.5 Å². The van der Waals surface area contributed by atoms with Crippen molar-refractivity contribution in [2.45, 2.75) is 32.2 Å². The summed E-state index contributed by atoms with van der Waals surface area (Å²) in [4.78, 5) is 23.0. The number of hydrogen-bond acceptors (Lipinski definition) is 4. The molecule has 5 heteroatoms. The Bertz CT molecular complexity index is 672. The van der Waals surface area contributed by atoms with E-state index in [9.17, 15) is 4.79 Å². The van der Waals surface area contributed by atoms with Gasteiger partial charge in [0.15, 0.2) is 0 Å². The number of aryl methyl sites for hydroxylation is 2. The highest BCUT2D eigenvalue weighted by molar-refractivity contribution is 7.99. The first kappa shape index (κ1) is 15.0. The zero-order chi connectivity index (χ0) is 15.5. The fraction of sp³-hybridized carbons (Fsp3) is 0.353. The van der Waals surface area contributed by atoms with Crippen LogP contribution in [0.1, 0.15) is 34.3 Å². The smallest absolute Gasteiger partial charge is 0.224 e. The number of amides is 1. The zero-order valence-corrected chi connectivity index (χ0v) is 13.6. The Balaban J connectivity index is 1.89. The quantitative estimate of drug-likeness (QED) is 0.872. The fourth-order valence-corrected chi connectivity index (χ4v) is 3.92. The number of carbonyl (C=O) groups excluding carboxylic acids is 1. The number of carbonyl (C=O) groups is 1. The highest BCUT2D eigenvalue weighted by Crippen LogP contribution is 2.39. The molecule has 1 saturated heterocycles. The molecule has 2 heterocycles. The van der Waals surface area contributed by atoms with Crippen LogP contribution in [0, 0.1) is 13.8 Å². The van der Waals surface area contributed by atoms with Gasteiger partial charge in [-0.05, 0) is 25.0 Å². The van der Waals surface area contributed by atoms with Crippen molar-refractivity contribution < 1.29 is 4.79 Å². The van der Waals surface area contributed by atoms with Gasteiger partial charge in [-0.1, -0.05) is 24.3 Å². The number of benzene rings is 1. The molecule has 0 N–H and O–H groups in total. The van der Waals surface area contributed by atoms with Crippen LogP contribution in [0.5, 0.6) is 0 Å². The van der Waals surface area contributed by atoms with Crippen LogP contribution >= 0.6 is 11.8 Å². The maximum absolute atomic E-state index is 12.4. The molecule has 2 aromatic rings. The van der Waals surface area contributed by atoms with Crippen molar-refractivity contribution in [2.24, 2.45) is 0 Å². The third kappa shape index (κ3) is 3.14. The van der Waals surface area contributed by atoms with E-state index < -0.39 is 0 Å². The molecule has 1 atom stereocenters. The molecule has 1 unspecified atom stereocenters. The summed E-state index contributed by atoms with van der Waals surface area (Å²) >= 11 is 1.82. The lowest BCUT2D eigenvalue weighted by molar-refractivity contribution is -0.132. The number of aromatic nitrogens is 2. The third-order valence-electron chi connectivity index (χ3n) is 3.82. The van der Waals surface area contributed by atoms with E-state index >= 15 is 0 Å². The van der Waals surface area contributed by atoms with Crippen molar-refractivity contribution in [1.82, 2.24) is 14.9 Å². The van der Waals surface area contributed by atoms with Crippen LogP contribution in [0.4, 0.5) is 0 Å². The average Bonchev–Trinajstić information content (AvgIpc) is 2.52. The minimum absolute atomic E-state index is 0.0607. The average molecular weight is 313 g/mol. The van der Waals surface area contributed by atoms with Crippen LogP contribution in [0.3, 0.4) is 0 Å². The first-order chi connectivity index (χ1) is 10.6. The largest absolute Gasteiger partial charge is 0.321 e. The van der Waals surface area contributed by atoms with Gasteiger partial charge in [-0.15, -0.1) is 11.8 Å². The molecular weight excluding hydrogens is 294 g/mol. The van der Waals surface area contributed by atoms with E-state index in [-0.39, 0.29) is 11.3 Å². The van der Waals surface area contributed by atoms with Crippen LogP contribution in [0.2, 0.25) is 0 Å². The second-order valence-corrected chi connectivity index (χ2v) is 6.69. The summed E-state index contributed by atoms with van der Waals surface area (Å²) in [5, 5.41) is 0.0607. The van der Waals surface area contributed by atoms with Crippen LogP contribution < -0.4 is 0 Å². The molecular formula is C17H19N3OS. The minimum Gasteiger partial charge on any atom is -0.321 e. The number of rotatable bonds is 3. The van der Waals surface area contributed by atoms with E-state index in [4.69, 9.17) is 0 Å². The normalized spacial score (nSPS) is 18.5. The lowest BCUT2D eigenvalue weighted by Gasteiger charge is -2.36. The van der Waals surface area contributed by atoms with Gasteiger partial charge in [-0.3, -0.25) is 14.8 Å². The third-order valence-corrected chi connectivity index (χ3v) is 5.08. The Hall–Kier alpha value is -1.88. The molecule has 1 aromatic carbocycles. The van der Waals surface area contributed by atoms with Gasteiger partial charge in [-0.25, -0.2) is 0 Å². The minimum atomic E-state index is 0.0607. The number of hydrogen-bond donors (Lipinski definition) is 0. The van der Waals surface area contributed by atoms with Gasteiger partial charge in [0.05, 0.1) is 24.1 Å². The Morgan fingerprint density at radius 2 is 2.05 bits per heavy atom. The maximum Gasteiger partial charge on any atom is 0.224 e. The maximum atomic E-state index is 12.4. The van der Waals surface area contributed by atoms with Crippen LogP contribution in [-0.2, 0) is 11.3 Å². The molecule has 4 nitrogen and oxygen atoms in total. The molecule has 0 spiro atoms. The highest BCUT2D eigenvalue weighted by atomic mass is 32.2. The molecule has 114 valence electrons. The van der Waals surface area contributed by atoms with Crippen molar-refractivity contribution in [3.05, 3.63) is 59.2 Å². The van der Waals surface area contributed by atoms with Crippen molar-refractivity contribution in [1.29, 1.82) is 0 Å². The summed E-state index contributed by atoms with van der Waals surface area (Å²) in [5.74, 6) is 1.06. The summed E-state index contributed by atoms with van der Waals surface area (Å²) in [6.07, 6.45) is 4.10. The Morgan fingerprint density at radius 3 is 2.77 bits per heavy atom. The van der Waals surface area contributed by atoms with Gasteiger partial charge in [0, 0.05) is 18.4 Å². The Morgan fingerprint density at radius 1 is 1.23 bits per heavy atom. The molecule has 1 aliphatic heterocycles. The fourth-order valence-electron chi connectivity index (χ4n) is 2.59. The number of thioether (sulfide) groups is 1. The van der Waals surface area contributed by atoms with Crippen LogP contribution in [0.15, 0.2) is 36.7 Å². The second-order valence-electron chi connectivity index (χ2n) is 5.50. The molecule has 0 radical (unpaired) electrons. The van der Waals surface area contributed by atoms with Crippen molar-refractivity contribution >= 4 is 17.7 Å². The van der Waals surface area contributed by atoms with E-state index in [1.54, 1.807) is 12.4 Å². The van der Waals surface area contributed by atoms with Gasteiger partial charge < -0.3 is 4.90 Å². The van der Waals surface area contributed by atoms with Gasteiger partial charge in [0.25, 0.3) is 0 Å². The predicted octanol–water partition coefficient (Wildman–Crippen LogP) is 3.26. The Labute approximate surface area is 135 Å². The molecule has 1 fully saturated rings. The van der Waals surface area contributed by atoms with Crippen molar-refractivity contribution in [3.63, 3.8) is 0 Å². The monoisotopic (exact) mass is 313 g/mol. The predicted molar refractivity (Wildman–Crippen MR) is 88.3 cm³/mol. The molecule has 0 aliphatic carbocycles. The molecule has 22 heavy (non-hydrogen) atoms. The van der Waals surface area contributed by atoms with Crippen molar-refractivity contribution in [3.8, 4) is 0 Å². The van der Waals surface area contributed by atoms with E-state index in [0.717, 1.165) is 17.1 Å². The summed E-state index contributed by atoms with van der Waals surface area (Å²) in [6, 6.07) is 8.27. The van der Waals surface area contributed by atoms with Crippen molar-refractivity contribution in [2.75, 3.05) is 5.75 Å². The van der Waals surface area contributed by atoms with Gasteiger partial charge in [0.1, 0.15) is 5.37 Å². The molecule has 1 aliphatic rings. The molecule has 0 bridgehead atoms. The topological polar surface area (TPSA) is 46.1 Å². The summed E-state index contributed by atoms with van der Waals surface area (Å²) in [7, 11) is 0. The Kier molecular flexibility index (Phi) is 4.43. The lowest BCUT2D eigenvalue weighted by Crippen LogP contribution is -2.37. The molecule has 1 aromatic heterocycles. The summed E-state index contributed by atoms with van der Waals surface area (Å²) < 4.78 is 0. The second kappa shape index (κ2) is 6.48. The zero-order valence-electron chi connectivity index (χ0n) is 12.8. The lowest BCUT2D eigenvalue weighted by atomic mass is 10.1. The first-order valence-corrected chi connectivity index (χ1v) is 8.44. The summed E-state index contributed by atoms with van der Waals surface area (Å²) in [5.41, 5.74) is 4.15.